The van der Waals surface area contributed by atoms with Gasteiger partial charge in [0.25, 0.3) is 0 Å². The minimum Gasteiger partial charge on any atom is -0.508 e. The van der Waals surface area contributed by atoms with Crippen molar-refractivity contribution in [2.24, 2.45) is 0 Å². The number of aromatic nitrogens is 2. The Morgan fingerprint density at radius 3 is 2.53 bits per heavy atom. The second-order valence-electron chi connectivity index (χ2n) is 3.79. The number of hydrogen-bond acceptors (Lipinski definition) is 3. The molecule has 2 N–H and O–H groups in total. The zero-order chi connectivity index (χ0) is 11.8. The van der Waals surface area contributed by atoms with Crippen molar-refractivity contribution in [3.63, 3.8) is 0 Å². The molecule has 84 valence electrons. The van der Waals surface area contributed by atoms with Gasteiger partial charge in [-0.1, -0.05) is 30.3 Å². The van der Waals surface area contributed by atoms with E-state index < -0.39 is 0 Å². The molecular formula is C13H10N2O2. The Labute approximate surface area is 97.4 Å². The van der Waals surface area contributed by atoms with Crippen molar-refractivity contribution in [3.05, 3.63) is 48.5 Å². The van der Waals surface area contributed by atoms with E-state index in [1.165, 1.54) is 6.07 Å². The molecule has 1 aromatic heterocycles. The largest absolute Gasteiger partial charge is 0.508 e. The summed E-state index contributed by atoms with van der Waals surface area (Å²) in [6, 6.07) is 14.1. The summed E-state index contributed by atoms with van der Waals surface area (Å²) in [6.07, 6.45) is 0. The van der Waals surface area contributed by atoms with Crippen LogP contribution in [-0.4, -0.2) is 20.0 Å². The quantitative estimate of drug-likeness (QED) is 0.627. The van der Waals surface area contributed by atoms with Crippen LogP contribution < -0.4 is 0 Å². The third-order valence-electron chi connectivity index (χ3n) is 2.65. The maximum atomic E-state index is 10.0. The summed E-state index contributed by atoms with van der Waals surface area (Å²) < 4.78 is 0.990. The van der Waals surface area contributed by atoms with E-state index in [1.54, 1.807) is 12.1 Å². The number of benzene rings is 2. The summed E-state index contributed by atoms with van der Waals surface area (Å²) in [4.78, 5) is 4.33. The van der Waals surface area contributed by atoms with Gasteiger partial charge < -0.3 is 10.3 Å². The van der Waals surface area contributed by atoms with E-state index in [1.807, 2.05) is 30.3 Å². The van der Waals surface area contributed by atoms with Crippen LogP contribution in [0.25, 0.3) is 22.4 Å². The van der Waals surface area contributed by atoms with Crippen LogP contribution in [0.3, 0.4) is 0 Å². The lowest BCUT2D eigenvalue weighted by Gasteiger charge is -2.00. The summed E-state index contributed by atoms with van der Waals surface area (Å²) >= 11 is 0. The standard InChI is InChI=1S/C13H10N2O2/c16-10-6-7-11-12(8-10)15(17)13(14-11)9-4-2-1-3-5-9/h1-8,16-17H. The van der Waals surface area contributed by atoms with E-state index in [9.17, 15) is 10.3 Å². The van der Waals surface area contributed by atoms with Crippen molar-refractivity contribution >= 4 is 11.0 Å². The highest BCUT2D eigenvalue weighted by Gasteiger charge is 2.11. The van der Waals surface area contributed by atoms with Crippen LogP contribution in [0.1, 0.15) is 0 Å². The van der Waals surface area contributed by atoms with Gasteiger partial charge in [-0.25, -0.2) is 4.98 Å². The Bertz CT molecular complexity index is 674. The summed E-state index contributed by atoms with van der Waals surface area (Å²) in [5, 5.41) is 19.4. The number of phenolic OH excluding ortho intramolecular Hbond substituents is 1. The molecule has 0 radical (unpaired) electrons. The highest BCUT2D eigenvalue weighted by Crippen LogP contribution is 2.25. The Hall–Kier alpha value is -2.49. The van der Waals surface area contributed by atoms with Gasteiger partial charge in [0.1, 0.15) is 11.3 Å². The van der Waals surface area contributed by atoms with Crippen molar-refractivity contribution in [1.29, 1.82) is 0 Å². The Kier molecular flexibility index (Phi) is 2.01. The van der Waals surface area contributed by atoms with E-state index in [2.05, 4.69) is 4.98 Å². The van der Waals surface area contributed by atoms with Gasteiger partial charge in [-0.2, -0.15) is 4.73 Å². The fourth-order valence-corrected chi connectivity index (χ4v) is 1.83. The molecular weight excluding hydrogens is 216 g/mol. The molecule has 0 aliphatic rings. The van der Waals surface area contributed by atoms with E-state index in [4.69, 9.17) is 0 Å². The van der Waals surface area contributed by atoms with E-state index in [-0.39, 0.29) is 5.75 Å². The molecule has 0 saturated heterocycles. The topological polar surface area (TPSA) is 58.3 Å². The summed E-state index contributed by atoms with van der Waals surface area (Å²) in [5.41, 5.74) is 1.96. The van der Waals surface area contributed by atoms with Crippen molar-refractivity contribution in [2.75, 3.05) is 0 Å². The summed E-state index contributed by atoms with van der Waals surface area (Å²) in [7, 11) is 0. The van der Waals surface area contributed by atoms with Gasteiger partial charge in [-0.15, -0.1) is 0 Å². The molecule has 0 bridgehead atoms. The van der Waals surface area contributed by atoms with Gasteiger partial charge in [-0.3, -0.25) is 0 Å². The molecule has 4 nitrogen and oxygen atoms in total. The average Bonchev–Trinajstić information content (AvgIpc) is 2.68. The molecule has 3 rings (SSSR count). The van der Waals surface area contributed by atoms with E-state index in [0.29, 0.717) is 16.9 Å². The molecule has 0 saturated carbocycles. The van der Waals surface area contributed by atoms with Crippen LogP contribution in [0.4, 0.5) is 0 Å². The second kappa shape index (κ2) is 3.52. The Morgan fingerprint density at radius 2 is 1.76 bits per heavy atom. The fraction of sp³-hybridized carbons (Fsp3) is 0. The molecule has 0 fully saturated rings. The number of nitrogens with zero attached hydrogens (tertiary/aromatic N) is 2. The van der Waals surface area contributed by atoms with Crippen molar-refractivity contribution in [3.8, 4) is 17.1 Å². The minimum atomic E-state index is 0.104. The number of hydrogen-bond donors (Lipinski definition) is 2. The average molecular weight is 226 g/mol. The van der Waals surface area contributed by atoms with Crippen LogP contribution in [0.2, 0.25) is 0 Å². The molecule has 4 heteroatoms. The zero-order valence-electron chi connectivity index (χ0n) is 8.91. The number of imidazole rings is 1. The maximum absolute atomic E-state index is 10.0. The molecule has 0 aliphatic heterocycles. The molecule has 0 unspecified atom stereocenters. The zero-order valence-corrected chi connectivity index (χ0v) is 8.91. The first-order valence-corrected chi connectivity index (χ1v) is 5.22. The van der Waals surface area contributed by atoms with Crippen LogP contribution in [0.5, 0.6) is 5.75 Å². The van der Waals surface area contributed by atoms with Crippen LogP contribution in [-0.2, 0) is 0 Å². The van der Waals surface area contributed by atoms with Crippen LogP contribution in [0, 0.1) is 0 Å². The number of aromatic hydroxyl groups is 1. The smallest absolute Gasteiger partial charge is 0.176 e. The molecule has 3 aromatic rings. The second-order valence-corrected chi connectivity index (χ2v) is 3.79. The molecule has 0 aliphatic carbocycles. The predicted octanol–water partition coefficient (Wildman–Crippen LogP) is 2.65. The highest BCUT2D eigenvalue weighted by molar-refractivity contribution is 5.81. The Morgan fingerprint density at radius 1 is 1.00 bits per heavy atom. The van der Waals surface area contributed by atoms with Crippen molar-refractivity contribution in [2.45, 2.75) is 0 Å². The van der Waals surface area contributed by atoms with Crippen LogP contribution in [0.15, 0.2) is 48.5 Å². The molecule has 17 heavy (non-hydrogen) atoms. The van der Waals surface area contributed by atoms with Crippen molar-refractivity contribution < 1.29 is 10.3 Å². The normalized spacial score (nSPS) is 10.8. The lowest BCUT2D eigenvalue weighted by atomic mass is 10.2. The Balaban J connectivity index is 2.28. The summed E-state index contributed by atoms with van der Waals surface area (Å²) in [5.74, 6) is 0.568. The lowest BCUT2D eigenvalue weighted by molar-refractivity contribution is 0.203. The number of phenols is 1. The van der Waals surface area contributed by atoms with Gasteiger partial charge >= 0.3 is 0 Å². The van der Waals surface area contributed by atoms with Gasteiger partial charge in [0, 0.05) is 11.6 Å². The molecule has 0 amide bonds. The van der Waals surface area contributed by atoms with Gasteiger partial charge in [0.15, 0.2) is 5.82 Å². The minimum absolute atomic E-state index is 0.104. The first-order valence-electron chi connectivity index (χ1n) is 5.22. The van der Waals surface area contributed by atoms with Gasteiger partial charge in [-0.05, 0) is 12.1 Å². The molecule has 2 aromatic carbocycles. The van der Waals surface area contributed by atoms with E-state index in [0.717, 1.165) is 10.3 Å². The highest BCUT2D eigenvalue weighted by atomic mass is 16.5. The van der Waals surface area contributed by atoms with Gasteiger partial charge in [0.05, 0.1) is 5.52 Å². The third-order valence-corrected chi connectivity index (χ3v) is 2.65. The predicted molar refractivity (Wildman–Crippen MR) is 64.0 cm³/mol. The monoisotopic (exact) mass is 226 g/mol. The van der Waals surface area contributed by atoms with Gasteiger partial charge in [0.2, 0.25) is 0 Å². The first kappa shape index (κ1) is 9.72. The molecule has 0 atom stereocenters. The fourth-order valence-electron chi connectivity index (χ4n) is 1.83. The lowest BCUT2D eigenvalue weighted by Crippen LogP contribution is -1.93. The third kappa shape index (κ3) is 1.50. The first-order chi connectivity index (χ1) is 8.25. The van der Waals surface area contributed by atoms with Crippen LogP contribution >= 0.6 is 0 Å². The number of fused-ring (bicyclic) bond motifs is 1. The number of rotatable bonds is 1. The maximum Gasteiger partial charge on any atom is 0.176 e. The van der Waals surface area contributed by atoms with Crippen molar-refractivity contribution in [1.82, 2.24) is 9.71 Å². The summed E-state index contributed by atoms with van der Waals surface area (Å²) in [6.45, 7) is 0. The molecule has 1 heterocycles. The SMILES string of the molecule is Oc1ccc2nc(-c3ccccc3)n(O)c2c1. The molecule has 0 spiro atoms. The van der Waals surface area contributed by atoms with E-state index >= 15 is 0 Å².